The van der Waals surface area contributed by atoms with Gasteiger partial charge in [0.05, 0.1) is 16.5 Å². The first-order valence-electron chi connectivity index (χ1n) is 7.72. The Balaban J connectivity index is 1.90. The fourth-order valence-electron chi connectivity index (χ4n) is 2.95. The van der Waals surface area contributed by atoms with Gasteiger partial charge in [-0.15, -0.1) is 0 Å². The molecule has 0 radical (unpaired) electrons. The summed E-state index contributed by atoms with van der Waals surface area (Å²) >= 11 is 0. The van der Waals surface area contributed by atoms with Gasteiger partial charge in [0.1, 0.15) is 0 Å². The summed E-state index contributed by atoms with van der Waals surface area (Å²) < 4.78 is 25.8. The molecule has 0 unspecified atom stereocenters. The molecule has 0 fully saturated rings. The standard InChI is InChI=1S/C18H19N3O2S/c1-20(2)24(22,23)17-7-8-18-14(11-17)9-10-21(18)13-16-6-4-3-5-15(16)12-19/h3-8,11H,9-10,13H2,1-2H3. The van der Waals surface area contributed by atoms with E-state index in [0.717, 1.165) is 29.8 Å². The number of nitriles is 1. The average Bonchev–Trinajstić information content (AvgIpc) is 2.97. The number of hydrogen-bond acceptors (Lipinski definition) is 4. The molecule has 0 atom stereocenters. The van der Waals surface area contributed by atoms with Gasteiger partial charge in [0.15, 0.2) is 0 Å². The summed E-state index contributed by atoms with van der Waals surface area (Å²) in [5, 5.41) is 9.23. The van der Waals surface area contributed by atoms with E-state index in [4.69, 9.17) is 0 Å². The van der Waals surface area contributed by atoms with Crippen LogP contribution in [0, 0.1) is 11.3 Å². The van der Waals surface area contributed by atoms with Crippen molar-refractivity contribution in [2.45, 2.75) is 17.9 Å². The van der Waals surface area contributed by atoms with Crippen LogP contribution < -0.4 is 4.90 Å². The monoisotopic (exact) mass is 341 g/mol. The Morgan fingerprint density at radius 1 is 1.21 bits per heavy atom. The van der Waals surface area contributed by atoms with E-state index in [2.05, 4.69) is 11.0 Å². The topological polar surface area (TPSA) is 64.4 Å². The maximum atomic E-state index is 12.3. The first-order valence-corrected chi connectivity index (χ1v) is 9.16. The molecule has 0 saturated heterocycles. The van der Waals surface area contributed by atoms with Crippen LogP contribution in [0.3, 0.4) is 0 Å². The summed E-state index contributed by atoms with van der Waals surface area (Å²) in [4.78, 5) is 2.52. The van der Waals surface area contributed by atoms with E-state index in [1.54, 1.807) is 12.1 Å². The van der Waals surface area contributed by atoms with Crippen LogP contribution in [0.25, 0.3) is 0 Å². The summed E-state index contributed by atoms with van der Waals surface area (Å²) in [6, 6.07) is 15.1. The predicted octanol–water partition coefficient (Wildman–Crippen LogP) is 2.37. The van der Waals surface area contributed by atoms with E-state index in [1.165, 1.54) is 18.4 Å². The van der Waals surface area contributed by atoms with Crippen LogP contribution in [-0.4, -0.2) is 33.4 Å². The van der Waals surface area contributed by atoms with Crippen molar-refractivity contribution < 1.29 is 8.42 Å². The number of anilines is 1. The lowest BCUT2D eigenvalue weighted by atomic mass is 10.1. The van der Waals surface area contributed by atoms with Crippen LogP contribution in [0.15, 0.2) is 47.4 Å². The van der Waals surface area contributed by atoms with Crippen LogP contribution >= 0.6 is 0 Å². The highest BCUT2D eigenvalue weighted by molar-refractivity contribution is 7.89. The Kier molecular flexibility index (Phi) is 4.31. The number of nitrogens with zero attached hydrogens (tertiary/aromatic N) is 3. The molecular weight excluding hydrogens is 322 g/mol. The summed E-state index contributed by atoms with van der Waals surface area (Å²) in [5.74, 6) is 0. The summed E-state index contributed by atoms with van der Waals surface area (Å²) in [7, 11) is -0.343. The zero-order valence-electron chi connectivity index (χ0n) is 13.7. The molecule has 0 bridgehead atoms. The second-order valence-corrected chi connectivity index (χ2v) is 8.17. The van der Waals surface area contributed by atoms with Crippen LogP contribution in [-0.2, 0) is 23.0 Å². The zero-order chi connectivity index (χ0) is 17.3. The fraction of sp³-hybridized carbons (Fsp3) is 0.278. The summed E-state index contributed by atoms with van der Waals surface area (Å²) in [5.41, 5.74) is 3.74. The van der Waals surface area contributed by atoms with Crippen molar-refractivity contribution in [1.82, 2.24) is 4.31 Å². The van der Waals surface area contributed by atoms with E-state index in [9.17, 15) is 13.7 Å². The van der Waals surface area contributed by atoms with Crippen LogP contribution in [0.2, 0.25) is 0 Å². The molecule has 2 aromatic carbocycles. The Morgan fingerprint density at radius 3 is 2.67 bits per heavy atom. The molecule has 1 aliphatic rings. The minimum Gasteiger partial charge on any atom is -0.367 e. The van der Waals surface area contributed by atoms with Gasteiger partial charge in [-0.25, -0.2) is 12.7 Å². The third-order valence-corrected chi connectivity index (χ3v) is 6.13. The lowest BCUT2D eigenvalue weighted by Gasteiger charge is -2.20. The number of fused-ring (bicyclic) bond motifs is 1. The highest BCUT2D eigenvalue weighted by atomic mass is 32.2. The van der Waals surface area contributed by atoms with Gasteiger partial charge in [-0.3, -0.25) is 0 Å². The quantitative estimate of drug-likeness (QED) is 0.856. The first-order chi connectivity index (χ1) is 11.4. The molecule has 1 aliphatic heterocycles. The van der Waals surface area contributed by atoms with Crippen molar-refractivity contribution >= 4 is 15.7 Å². The molecule has 6 heteroatoms. The molecule has 24 heavy (non-hydrogen) atoms. The molecule has 0 N–H and O–H groups in total. The van der Waals surface area contributed by atoms with Crippen LogP contribution in [0.4, 0.5) is 5.69 Å². The molecular formula is C18H19N3O2S. The van der Waals surface area contributed by atoms with Crippen molar-refractivity contribution in [3.05, 3.63) is 59.2 Å². The zero-order valence-corrected chi connectivity index (χ0v) is 14.5. The smallest absolute Gasteiger partial charge is 0.242 e. The highest BCUT2D eigenvalue weighted by Crippen LogP contribution is 2.32. The largest absolute Gasteiger partial charge is 0.367 e. The van der Waals surface area contributed by atoms with Crippen molar-refractivity contribution in [1.29, 1.82) is 5.26 Å². The lowest BCUT2D eigenvalue weighted by molar-refractivity contribution is 0.520. The molecule has 3 rings (SSSR count). The van der Waals surface area contributed by atoms with E-state index in [-0.39, 0.29) is 0 Å². The van der Waals surface area contributed by atoms with Crippen molar-refractivity contribution in [2.24, 2.45) is 0 Å². The third kappa shape index (κ3) is 2.88. The predicted molar refractivity (Wildman–Crippen MR) is 93.2 cm³/mol. The molecule has 124 valence electrons. The van der Waals surface area contributed by atoms with Gasteiger partial charge in [-0.05, 0) is 41.8 Å². The third-order valence-electron chi connectivity index (χ3n) is 4.32. The van der Waals surface area contributed by atoms with Crippen LogP contribution in [0.1, 0.15) is 16.7 Å². The summed E-state index contributed by atoms with van der Waals surface area (Å²) in [6.45, 7) is 1.47. The first kappa shape index (κ1) is 16.5. The van der Waals surface area contributed by atoms with E-state index >= 15 is 0 Å². The van der Waals surface area contributed by atoms with E-state index < -0.39 is 10.0 Å². The van der Waals surface area contributed by atoms with Gasteiger partial charge in [0, 0.05) is 32.9 Å². The molecule has 2 aromatic rings. The normalized spacial score (nSPS) is 13.8. The Labute approximate surface area is 142 Å². The molecule has 0 spiro atoms. The van der Waals surface area contributed by atoms with Gasteiger partial charge < -0.3 is 4.90 Å². The Morgan fingerprint density at radius 2 is 1.96 bits per heavy atom. The molecule has 0 saturated carbocycles. The molecule has 1 heterocycles. The highest BCUT2D eigenvalue weighted by Gasteiger charge is 2.24. The number of hydrogen-bond donors (Lipinski definition) is 0. The minimum absolute atomic E-state index is 0.325. The number of benzene rings is 2. The maximum Gasteiger partial charge on any atom is 0.242 e. The Hall–Kier alpha value is -2.36. The van der Waals surface area contributed by atoms with E-state index in [1.807, 2.05) is 30.3 Å². The summed E-state index contributed by atoms with van der Waals surface area (Å²) in [6.07, 6.45) is 0.806. The maximum absolute atomic E-state index is 12.3. The van der Waals surface area contributed by atoms with Gasteiger partial charge in [-0.1, -0.05) is 18.2 Å². The van der Waals surface area contributed by atoms with Crippen LogP contribution in [0.5, 0.6) is 0 Å². The van der Waals surface area contributed by atoms with Crippen molar-refractivity contribution in [3.8, 4) is 6.07 Å². The van der Waals surface area contributed by atoms with Crippen molar-refractivity contribution in [3.63, 3.8) is 0 Å². The second-order valence-electron chi connectivity index (χ2n) is 6.02. The molecule has 0 aromatic heterocycles. The fourth-order valence-corrected chi connectivity index (χ4v) is 3.91. The second kappa shape index (κ2) is 6.27. The van der Waals surface area contributed by atoms with Crippen molar-refractivity contribution in [2.75, 3.05) is 25.5 Å². The van der Waals surface area contributed by atoms with Gasteiger partial charge in [0.2, 0.25) is 10.0 Å². The van der Waals surface area contributed by atoms with Gasteiger partial charge in [-0.2, -0.15) is 5.26 Å². The lowest BCUT2D eigenvalue weighted by Crippen LogP contribution is -2.22. The molecule has 5 nitrogen and oxygen atoms in total. The Bertz CT molecular complexity index is 914. The number of rotatable bonds is 4. The number of sulfonamides is 1. The SMILES string of the molecule is CN(C)S(=O)(=O)c1ccc2c(c1)CCN2Cc1ccccc1C#N. The average molecular weight is 341 g/mol. The molecule has 0 amide bonds. The van der Waals surface area contributed by atoms with E-state index in [0.29, 0.717) is 17.0 Å². The van der Waals surface area contributed by atoms with Gasteiger partial charge >= 0.3 is 0 Å². The van der Waals surface area contributed by atoms with Gasteiger partial charge in [0.25, 0.3) is 0 Å². The molecule has 0 aliphatic carbocycles. The minimum atomic E-state index is -3.41.